The first-order valence-electron chi connectivity index (χ1n) is 6.51. The normalized spacial score (nSPS) is 24.4. The second-order valence-corrected chi connectivity index (χ2v) is 5.14. The van der Waals surface area contributed by atoms with Gasteiger partial charge in [0.05, 0.1) is 6.20 Å². The Morgan fingerprint density at radius 1 is 1.47 bits per heavy atom. The predicted molar refractivity (Wildman–Crippen MR) is 67.6 cm³/mol. The summed E-state index contributed by atoms with van der Waals surface area (Å²) in [6.07, 6.45) is 5.64. The van der Waals surface area contributed by atoms with Crippen LogP contribution in [-0.2, 0) is 13.6 Å². The maximum absolute atomic E-state index is 9.26. The van der Waals surface area contributed by atoms with Crippen molar-refractivity contribution in [3.8, 4) is 0 Å². The third kappa shape index (κ3) is 2.87. The van der Waals surface area contributed by atoms with Gasteiger partial charge in [-0.25, -0.2) is 0 Å². The average Bonchev–Trinajstić information content (AvgIpc) is 2.90. The SMILES string of the molecule is Cc1c(CNCC2CCCC2CO)cnn1C. The molecule has 0 aliphatic heterocycles. The standard InChI is InChI=1S/C13H23N3O/c1-10-13(8-15-16(10)2)7-14-6-11-4-3-5-12(11)9-17/h8,11-12,14,17H,3-7,9H2,1-2H3. The Morgan fingerprint density at radius 3 is 2.88 bits per heavy atom. The van der Waals surface area contributed by atoms with E-state index >= 15 is 0 Å². The molecule has 96 valence electrons. The fourth-order valence-electron chi connectivity index (χ4n) is 2.73. The molecule has 0 bridgehead atoms. The number of hydrogen-bond acceptors (Lipinski definition) is 3. The fraction of sp³-hybridized carbons (Fsp3) is 0.769. The molecular weight excluding hydrogens is 214 g/mol. The molecule has 17 heavy (non-hydrogen) atoms. The smallest absolute Gasteiger partial charge is 0.0537 e. The minimum atomic E-state index is 0.346. The third-order valence-corrected chi connectivity index (χ3v) is 4.11. The molecule has 4 nitrogen and oxygen atoms in total. The lowest BCUT2D eigenvalue weighted by molar-refractivity contribution is 0.192. The summed E-state index contributed by atoms with van der Waals surface area (Å²) < 4.78 is 1.91. The van der Waals surface area contributed by atoms with Gasteiger partial charge in [-0.05, 0) is 38.1 Å². The van der Waals surface area contributed by atoms with Crippen LogP contribution in [0.5, 0.6) is 0 Å². The fourth-order valence-corrected chi connectivity index (χ4v) is 2.73. The second-order valence-electron chi connectivity index (χ2n) is 5.14. The molecule has 1 fully saturated rings. The first-order chi connectivity index (χ1) is 8.22. The van der Waals surface area contributed by atoms with Crippen LogP contribution in [0.1, 0.15) is 30.5 Å². The van der Waals surface area contributed by atoms with Crippen molar-refractivity contribution in [3.63, 3.8) is 0 Å². The molecule has 1 heterocycles. The van der Waals surface area contributed by atoms with Crippen LogP contribution in [0.15, 0.2) is 6.20 Å². The summed E-state index contributed by atoms with van der Waals surface area (Å²) in [6, 6.07) is 0. The molecule has 2 rings (SSSR count). The molecule has 2 atom stereocenters. The van der Waals surface area contributed by atoms with Gasteiger partial charge >= 0.3 is 0 Å². The highest BCUT2D eigenvalue weighted by atomic mass is 16.3. The van der Waals surface area contributed by atoms with E-state index in [9.17, 15) is 5.11 Å². The van der Waals surface area contributed by atoms with Crippen LogP contribution < -0.4 is 5.32 Å². The quantitative estimate of drug-likeness (QED) is 0.810. The summed E-state index contributed by atoms with van der Waals surface area (Å²) in [5.41, 5.74) is 2.49. The summed E-state index contributed by atoms with van der Waals surface area (Å²) >= 11 is 0. The maximum atomic E-state index is 9.26. The zero-order chi connectivity index (χ0) is 12.3. The summed E-state index contributed by atoms with van der Waals surface area (Å²) in [6.45, 7) is 4.34. The first kappa shape index (κ1) is 12.6. The van der Waals surface area contributed by atoms with Crippen LogP contribution in [-0.4, -0.2) is 28.0 Å². The molecule has 0 spiro atoms. The lowest BCUT2D eigenvalue weighted by Gasteiger charge is -2.17. The molecule has 4 heteroatoms. The van der Waals surface area contributed by atoms with E-state index in [-0.39, 0.29) is 0 Å². The van der Waals surface area contributed by atoms with Gasteiger partial charge in [0, 0.05) is 31.5 Å². The lowest BCUT2D eigenvalue weighted by Crippen LogP contribution is -2.26. The van der Waals surface area contributed by atoms with Gasteiger partial charge in [0.2, 0.25) is 0 Å². The molecule has 2 unspecified atom stereocenters. The van der Waals surface area contributed by atoms with E-state index < -0.39 is 0 Å². The van der Waals surface area contributed by atoms with E-state index in [4.69, 9.17) is 0 Å². The second kappa shape index (κ2) is 5.65. The van der Waals surface area contributed by atoms with E-state index in [0.717, 1.165) is 13.1 Å². The van der Waals surface area contributed by atoms with Crippen molar-refractivity contribution >= 4 is 0 Å². The average molecular weight is 237 g/mol. The molecule has 0 saturated heterocycles. The van der Waals surface area contributed by atoms with Crippen molar-refractivity contribution in [3.05, 3.63) is 17.5 Å². The van der Waals surface area contributed by atoms with Crippen molar-refractivity contribution in [1.82, 2.24) is 15.1 Å². The molecule has 1 saturated carbocycles. The Balaban J connectivity index is 1.78. The van der Waals surface area contributed by atoms with Crippen LogP contribution in [0.3, 0.4) is 0 Å². The van der Waals surface area contributed by atoms with E-state index in [1.54, 1.807) is 0 Å². The van der Waals surface area contributed by atoms with E-state index in [2.05, 4.69) is 17.3 Å². The first-order valence-corrected chi connectivity index (χ1v) is 6.51. The van der Waals surface area contributed by atoms with Crippen molar-refractivity contribution in [1.29, 1.82) is 0 Å². The van der Waals surface area contributed by atoms with Crippen molar-refractivity contribution < 1.29 is 5.11 Å². The van der Waals surface area contributed by atoms with Crippen molar-refractivity contribution in [2.24, 2.45) is 18.9 Å². The topological polar surface area (TPSA) is 50.1 Å². The van der Waals surface area contributed by atoms with Crippen molar-refractivity contribution in [2.45, 2.75) is 32.7 Å². The number of hydrogen-bond donors (Lipinski definition) is 2. The van der Waals surface area contributed by atoms with Crippen LogP contribution in [0.2, 0.25) is 0 Å². The van der Waals surface area contributed by atoms with E-state index in [1.807, 2.05) is 17.9 Å². The summed E-state index contributed by atoms with van der Waals surface area (Å²) in [5, 5.41) is 17.0. The number of nitrogens with one attached hydrogen (secondary N) is 1. The Morgan fingerprint density at radius 2 is 2.24 bits per heavy atom. The Hall–Kier alpha value is -0.870. The highest BCUT2D eigenvalue weighted by molar-refractivity contribution is 5.15. The molecule has 0 amide bonds. The number of aromatic nitrogens is 2. The van der Waals surface area contributed by atoms with Gasteiger partial charge in [-0.3, -0.25) is 4.68 Å². The van der Waals surface area contributed by atoms with Crippen molar-refractivity contribution in [2.75, 3.05) is 13.2 Å². The molecule has 0 radical (unpaired) electrons. The highest BCUT2D eigenvalue weighted by Gasteiger charge is 2.25. The third-order valence-electron chi connectivity index (χ3n) is 4.11. The van der Waals surface area contributed by atoms with Gasteiger partial charge in [-0.1, -0.05) is 6.42 Å². The Kier molecular flexibility index (Phi) is 4.18. The number of aliphatic hydroxyl groups is 1. The Labute approximate surface area is 103 Å². The van der Waals surface area contributed by atoms with Crippen LogP contribution in [0.4, 0.5) is 0 Å². The summed E-state index contributed by atoms with van der Waals surface area (Å²) in [7, 11) is 1.97. The molecular formula is C13H23N3O. The molecule has 2 N–H and O–H groups in total. The van der Waals surface area contributed by atoms with E-state index in [0.29, 0.717) is 18.4 Å². The van der Waals surface area contributed by atoms with Crippen LogP contribution >= 0.6 is 0 Å². The maximum Gasteiger partial charge on any atom is 0.0537 e. The highest BCUT2D eigenvalue weighted by Crippen LogP contribution is 2.30. The predicted octanol–water partition coefficient (Wildman–Crippen LogP) is 1.23. The summed E-state index contributed by atoms with van der Waals surface area (Å²) in [5.74, 6) is 1.16. The molecule has 1 aliphatic rings. The lowest BCUT2D eigenvalue weighted by atomic mass is 9.97. The van der Waals surface area contributed by atoms with Gasteiger partial charge in [-0.15, -0.1) is 0 Å². The summed E-state index contributed by atoms with van der Waals surface area (Å²) in [4.78, 5) is 0. The number of rotatable bonds is 5. The largest absolute Gasteiger partial charge is 0.396 e. The zero-order valence-corrected chi connectivity index (χ0v) is 10.8. The van der Waals surface area contributed by atoms with Gasteiger partial charge in [0.25, 0.3) is 0 Å². The molecule has 0 aromatic carbocycles. The zero-order valence-electron chi connectivity index (χ0n) is 10.8. The number of nitrogens with zero attached hydrogens (tertiary/aromatic N) is 2. The number of aliphatic hydroxyl groups excluding tert-OH is 1. The van der Waals surface area contributed by atoms with Gasteiger partial charge in [0.1, 0.15) is 0 Å². The minimum Gasteiger partial charge on any atom is -0.396 e. The van der Waals surface area contributed by atoms with Crippen LogP contribution in [0, 0.1) is 18.8 Å². The number of aryl methyl sites for hydroxylation is 1. The molecule has 1 aliphatic carbocycles. The molecule has 1 aromatic rings. The van der Waals surface area contributed by atoms with Gasteiger partial charge in [-0.2, -0.15) is 5.10 Å². The van der Waals surface area contributed by atoms with Gasteiger partial charge < -0.3 is 10.4 Å². The minimum absolute atomic E-state index is 0.346. The molecule has 1 aromatic heterocycles. The monoisotopic (exact) mass is 237 g/mol. The van der Waals surface area contributed by atoms with Crippen LogP contribution in [0.25, 0.3) is 0 Å². The Bertz CT molecular complexity index is 362. The van der Waals surface area contributed by atoms with Gasteiger partial charge in [0.15, 0.2) is 0 Å². The van der Waals surface area contributed by atoms with E-state index in [1.165, 1.54) is 30.5 Å².